The predicted octanol–water partition coefficient (Wildman–Crippen LogP) is 11.1. The Hall–Kier alpha value is -6.19. The van der Waals surface area contributed by atoms with Crippen molar-refractivity contribution in [3.63, 3.8) is 0 Å². The van der Waals surface area contributed by atoms with E-state index in [1.165, 1.54) is 55.3 Å². The standard InChI is InChI=1S/C45H31N3/c1-5-16-30(17-6-1)40-36-24-13-14-25-37(36)41(31-18-7-2-8-19-31)42-35-26-15-27-38(34(35)28-29-39(40)42)45-47-43(32-20-9-3-10-21-32)46-44(48-45)33-22-11-4-12-23-33/h1-27H,28-29H2. The highest BCUT2D eigenvalue weighted by Gasteiger charge is 2.29. The fraction of sp³-hybridized carbons (Fsp3) is 0.0444. The van der Waals surface area contributed by atoms with Gasteiger partial charge in [-0.25, -0.2) is 15.0 Å². The third kappa shape index (κ3) is 4.80. The van der Waals surface area contributed by atoms with E-state index in [0.29, 0.717) is 17.5 Å². The number of aromatic nitrogens is 3. The second-order valence-electron chi connectivity index (χ2n) is 12.3. The SMILES string of the molecule is c1ccc(-c2nc(-c3ccccc3)nc(-c3cccc4c3CCc3c-4c(-c4ccccc4)c4ccccc4c3-c3ccccc3)n2)cc1. The van der Waals surface area contributed by atoms with Crippen molar-refractivity contribution >= 4 is 10.8 Å². The molecule has 0 saturated carbocycles. The maximum absolute atomic E-state index is 5.14. The molecule has 1 aliphatic carbocycles. The molecule has 0 unspecified atom stereocenters. The lowest BCUT2D eigenvalue weighted by Gasteiger charge is -2.29. The minimum absolute atomic E-state index is 0.676. The molecule has 0 aliphatic heterocycles. The fourth-order valence-electron chi connectivity index (χ4n) is 7.36. The van der Waals surface area contributed by atoms with Crippen molar-refractivity contribution in [3.05, 3.63) is 175 Å². The second kappa shape index (κ2) is 11.9. The average Bonchev–Trinajstić information content (AvgIpc) is 3.17. The third-order valence-electron chi connectivity index (χ3n) is 9.45. The van der Waals surface area contributed by atoms with Crippen LogP contribution in [0.15, 0.2) is 164 Å². The van der Waals surface area contributed by atoms with E-state index in [9.17, 15) is 0 Å². The Balaban J connectivity index is 1.34. The summed E-state index contributed by atoms with van der Waals surface area (Å²) in [5.74, 6) is 2.06. The summed E-state index contributed by atoms with van der Waals surface area (Å²) in [5.41, 5.74) is 13.3. The summed E-state index contributed by atoms with van der Waals surface area (Å²) in [7, 11) is 0. The van der Waals surface area contributed by atoms with Gasteiger partial charge in [-0.1, -0.05) is 164 Å². The Morgan fingerprint density at radius 3 is 1.27 bits per heavy atom. The summed E-state index contributed by atoms with van der Waals surface area (Å²) in [6.45, 7) is 0. The normalized spacial score (nSPS) is 12.0. The number of rotatable bonds is 5. The number of hydrogen-bond acceptors (Lipinski definition) is 3. The highest BCUT2D eigenvalue weighted by atomic mass is 15.0. The van der Waals surface area contributed by atoms with Gasteiger partial charge in [-0.2, -0.15) is 0 Å². The van der Waals surface area contributed by atoms with E-state index < -0.39 is 0 Å². The Morgan fingerprint density at radius 2 is 0.708 bits per heavy atom. The lowest BCUT2D eigenvalue weighted by Crippen LogP contribution is -2.11. The van der Waals surface area contributed by atoms with E-state index in [2.05, 4.69) is 127 Å². The highest BCUT2D eigenvalue weighted by Crippen LogP contribution is 2.50. The summed E-state index contributed by atoms with van der Waals surface area (Å²) in [6, 6.07) is 57.7. The molecular formula is C45H31N3. The van der Waals surface area contributed by atoms with Crippen LogP contribution in [0.5, 0.6) is 0 Å². The second-order valence-corrected chi connectivity index (χ2v) is 12.3. The van der Waals surface area contributed by atoms with Crippen molar-refractivity contribution in [1.82, 2.24) is 15.0 Å². The van der Waals surface area contributed by atoms with Crippen LogP contribution >= 0.6 is 0 Å². The summed E-state index contributed by atoms with van der Waals surface area (Å²) >= 11 is 0. The average molecular weight is 614 g/mol. The van der Waals surface area contributed by atoms with Crippen LogP contribution in [0.2, 0.25) is 0 Å². The van der Waals surface area contributed by atoms with Gasteiger partial charge in [-0.15, -0.1) is 0 Å². The maximum Gasteiger partial charge on any atom is 0.164 e. The van der Waals surface area contributed by atoms with Gasteiger partial charge in [-0.3, -0.25) is 0 Å². The van der Waals surface area contributed by atoms with E-state index in [4.69, 9.17) is 15.0 Å². The summed E-state index contributed by atoms with van der Waals surface area (Å²) in [4.78, 5) is 15.2. The molecule has 0 atom stereocenters. The summed E-state index contributed by atoms with van der Waals surface area (Å²) < 4.78 is 0. The molecule has 0 radical (unpaired) electrons. The first kappa shape index (κ1) is 28.1. The summed E-state index contributed by atoms with van der Waals surface area (Å²) in [6.07, 6.45) is 1.80. The molecule has 3 heteroatoms. The van der Waals surface area contributed by atoms with E-state index in [1.54, 1.807) is 0 Å². The number of nitrogens with zero attached hydrogens (tertiary/aromatic N) is 3. The molecule has 0 saturated heterocycles. The Bertz CT molecular complexity index is 2360. The molecule has 3 nitrogen and oxygen atoms in total. The predicted molar refractivity (Wildman–Crippen MR) is 197 cm³/mol. The monoisotopic (exact) mass is 613 g/mol. The van der Waals surface area contributed by atoms with Gasteiger partial charge in [0.1, 0.15) is 0 Å². The molecule has 7 aromatic carbocycles. The Morgan fingerprint density at radius 1 is 0.292 bits per heavy atom. The summed E-state index contributed by atoms with van der Waals surface area (Å²) in [5, 5.41) is 2.55. The molecule has 0 bridgehead atoms. The smallest absolute Gasteiger partial charge is 0.164 e. The van der Waals surface area contributed by atoms with Crippen LogP contribution in [0.3, 0.4) is 0 Å². The van der Waals surface area contributed by atoms with Crippen LogP contribution in [-0.2, 0) is 12.8 Å². The van der Waals surface area contributed by atoms with Crippen LogP contribution in [0.4, 0.5) is 0 Å². The van der Waals surface area contributed by atoms with Crippen molar-refractivity contribution in [2.75, 3.05) is 0 Å². The molecule has 0 amide bonds. The van der Waals surface area contributed by atoms with E-state index in [0.717, 1.165) is 29.5 Å². The van der Waals surface area contributed by atoms with Gasteiger partial charge in [0, 0.05) is 16.7 Å². The molecule has 48 heavy (non-hydrogen) atoms. The molecule has 1 aromatic heterocycles. The van der Waals surface area contributed by atoms with Crippen LogP contribution in [-0.4, -0.2) is 15.0 Å². The van der Waals surface area contributed by atoms with Crippen LogP contribution < -0.4 is 0 Å². The van der Waals surface area contributed by atoms with Gasteiger partial charge in [0.2, 0.25) is 0 Å². The minimum Gasteiger partial charge on any atom is -0.208 e. The zero-order valence-electron chi connectivity index (χ0n) is 26.3. The van der Waals surface area contributed by atoms with Crippen molar-refractivity contribution in [3.8, 4) is 67.5 Å². The van der Waals surface area contributed by atoms with E-state index in [-0.39, 0.29) is 0 Å². The maximum atomic E-state index is 5.14. The Kier molecular flexibility index (Phi) is 6.94. The largest absolute Gasteiger partial charge is 0.208 e. The molecule has 226 valence electrons. The van der Waals surface area contributed by atoms with Crippen molar-refractivity contribution in [1.29, 1.82) is 0 Å². The van der Waals surface area contributed by atoms with Crippen LogP contribution in [0.25, 0.3) is 78.3 Å². The van der Waals surface area contributed by atoms with Crippen molar-refractivity contribution in [2.24, 2.45) is 0 Å². The fourth-order valence-corrected chi connectivity index (χ4v) is 7.36. The van der Waals surface area contributed by atoms with Gasteiger partial charge in [0.25, 0.3) is 0 Å². The third-order valence-corrected chi connectivity index (χ3v) is 9.45. The Labute approximate surface area is 280 Å². The molecule has 0 fully saturated rings. The van der Waals surface area contributed by atoms with Gasteiger partial charge >= 0.3 is 0 Å². The van der Waals surface area contributed by atoms with Gasteiger partial charge in [0.15, 0.2) is 17.5 Å². The number of hydrogen-bond donors (Lipinski definition) is 0. The lowest BCUT2D eigenvalue weighted by atomic mass is 9.74. The molecule has 1 aliphatic rings. The first-order valence-electron chi connectivity index (χ1n) is 16.5. The van der Waals surface area contributed by atoms with Gasteiger partial charge < -0.3 is 0 Å². The van der Waals surface area contributed by atoms with Gasteiger partial charge in [-0.05, 0) is 68.1 Å². The quantitative estimate of drug-likeness (QED) is 0.194. The highest BCUT2D eigenvalue weighted by molar-refractivity contribution is 6.13. The minimum atomic E-state index is 0.676. The molecular weight excluding hydrogens is 583 g/mol. The van der Waals surface area contributed by atoms with Crippen molar-refractivity contribution < 1.29 is 0 Å². The van der Waals surface area contributed by atoms with Crippen molar-refractivity contribution in [2.45, 2.75) is 12.8 Å². The molecule has 9 rings (SSSR count). The zero-order chi connectivity index (χ0) is 31.9. The zero-order valence-corrected chi connectivity index (χ0v) is 26.3. The topological polar surface area (TPSA) is 38.7 Å². The first-order chi connectivity index (χ1) is 23.8. The molecule has 0 spiro atoms. The van der Waals surface area contributed by atoms with Crippen LogP contribution in [0, 0.1) is 0 Å². The molecule has 1 heterocycles. The number of benzene rings is 7. The number of fused-ring (bicyclic) bond motifs is 4. The molecule has 8 aromatic rings. The molecule has 0 N–H and O–H groups in total. The first-order valence-corrected chi connectivity index (χ1v) is 16.5. The van der Waals surface area contributed by atoms with E-state index in [1.807, 2.05) is 36.4 Å². The van der Waals surface area contributed by atoms with Gasteiger partial charge in [0.05, 0.1) is 0 Å². The van der Waals surface area contributed by atoms with E-state index >= 15 is 0 Å². The lowest BCUT2D eigenvalue weighted by molar-refractivity contribution is 0.942. The van der Waals surface area contributed by atoms with Crippen LogP contribution in [0.1, 0.15) is 11.1 Å².